The van der Waals surface area contributed by atoms with Crippen LogP contribution in [0.1, 0.15) is 25.4 Å². The largest absolute Gasteiger partial charge is 0.346 e. The van der Waals surface area contributed by atoms with Crippen LogP contribution in [0.4, 0.5) is 0 Å². The van der Waals surface area contributed by atoms with E-state index >= 15 is 0 Å². The molecule has 2 rings (SSSR count). The highest BCUT2D eigenvalue weighted by atomic mass is 14.9. The normalized spacial score (nSPS) is 9.33. The molecule has 0 aliphatic heterocycles. The summed E-state index contributed by atoms with van der Waals surface area (Å²) in [5.74, 6) is 0.969. The van der Waals surface area contributed by atoms with E-state index in [0.717, 1.165) is 17.2 Å². The van der Waals surface area contributed by atoms with E-state index in [4.69, 9.17) is 0 Å². The van der Waals surface area contributed by atoms with Gasteiger partial charge >= 0.3 is 0 Å². The number of aromatic nitrogens is 2. The van der Waals surface area contributed by atoms with Gasteiger partial charge in [0.2, 0.25) is 0 Å². The summed E-state index contributed by atoms with van der Waals surface area (Å²) in [6, 6.07) is 10.2. The molecule has 1 aromatic heterocycles. The number of benzene rings is 1. The van der Waals surface area contributed by atoms with Gasteiger partial charge in [-0.15, -0.1) is 0 Å². The first-order chi connectivity index (χ1) is 7.27. The summed E-state index contributed by atoms with van der Waals surface area (Å²) in [6.07, 6.45) is 0. The molecule has 0 amide bonds. The molecule has 0 aliphatic rings. The monoisotopic (exact) mass is 202 g/mol. The van der Waals surface area contributed by atoms with Gasteiger partial charge in [0.05, 0.1) is 5.69 Å². The standard InChI is InChI=1S/C11H12N2.C2H6/c1-8-11(13-9(2)12-8)10-6-4-3-5-7-10;1-2/h3-7H,1-2H3,(H,12,13);1-2H3. The number of nitrogens with one attached hydrogen (secondary N) is 1. The van der Waals surface area contributed by atoms with Crippen molar-refractivity contribution in [2.75, 3.05) is 0 Å². The van der Waals surface area contributed by atoms with Crippen molar-refractivity contribution in [3.05, 3.63) is 41.9 Å². The second kappa shape index (κ2) is 5.35. The molecule has 0 bridgehead atoms. The minimum atomic E-state index is 0.969. The van der Waals surface area contributed by atoms with Gasteiger partial charge in [-0.2, -0.15) is 0 Å². The predicted octanol–water partition coefficient (Wildman–Crippen LogP) is 3.72. The van der Waals surface area contributed by atoms with Crippen LogP contribution in [0.25, 0.3) is 11.3 Å². The van der Waals surface area contributed by atoms with Crippen molar-refractivity contribution >= 4 is 0 Å². The van der Waals surface area contributed by atoms with Gasteiger partial charge in [-0.05, 0) is 13.8 Å². The van der Waals surface area contributed by atoms with Gasteiger partial charge in [0.15, 0.2) is 0 Å². The Kier molecular flexibility index (Phi) is 4.10. The lowest BCUT2D eigenvalue weighted by Crippen LogP contribution is -1.79. The van der Waals surface area contributed by atoms with Crippen molar-refractivity contribution in [1.82, 2.24) is 9.97 Å². The molecule has 0 aliphatic carbocycles. The number of aromatic amines is 1. The third-order valence-electron chi connectivity index (χ3n) is 2.05. The Morgan fingerprint density at radius 3 is 2.07 bits per heavy atom. The van der Waals surface area contributed by atoms with E-state index in [1.54, 1.807) is 0 Å². The number of imidazole rings is 1. The molecule has 0 saturated carbocycles. The van der Waals surface area contributed by atoms with Gasteiger partial charge in [0, 0.05) is 11.3 Å². The number of aryl methyl sites for hydroxylation is 2. The minimum Gasteiger partial charge on any atom is -0.346 e. The van der Waals surface area contributed by atoms with Crippen molar-refractivity contribution in [3.8, 4) is 11.3 Å². The third kappa shape index (κ3) is 2.69. The molecular formula is C13H18N2. The van der Waals surface area contributed by atoms with Crippen LogP contribution in [0.5, 0.6) is 0 Å². The van der Waals surface area contributed by atoms with Crippen molar-refractivity contribution in [2.24, 2.45) is 0 Å². The van der Waals surface area contributed by atoms with Gasteiger partial charge in [0.25, 0.3) is 0 Å². The molecule has 2 nitrogen and oxygen atoms in total. The van der Waals surface area contributed by atoms with E-state index in [2.05, 4.69) is 22.1 Å². The van der Waals surface area contributed by atoms with Gasteiger partial charge < -0.3 is 4.98 Å². The zero-order valence-corrected chi connectivity index (χ0v) is 9.83. The predicted molar refractivity (Wildman–Crippen MR) is 64.8 cm³/mol. The number of nitrogens with zero attached hydrogens (tertiary/aromatic N) is 1. The smallest absolute Gasteiger partial charge is 0.103 e. The summed E-state index contributed by atoms with van der Waals surface area (Å²) in [5, 5.41) is 0. The van der Waals surface area contributed by atoms with Crippen molar-refractivity contribution in [3.63, 3.8) is 0 Å². The molecule has 2 aromatic rings. The fourth-order valence-electron chi connectivity index (χ4n) is 1.49. The average molecular weight is 202 g/mol. The Balaban J connectivity index is 0.000000531. The summed E-state index contributed by atoms with van der Waals surface area (Å²) < 4.78 is 0. The Morgan fingerprint density at radius 2 is 1.60 bits per heavy atom. The molecule has 1 N–H and O–H groups in total. The zero-order chi connectivity index (χ0) is 11.3. The number of hydrogen-bond acceptors (Lipinski definition) is 1. The van der Waals surface area contributed by atoms with Crippen LogP contribution in [-0.2, 0) is 0 Å². The highest BCUT2D eigenvalue weighted by Crippen LogP contribution is 2.19. The molecule has 15 heavy (non-hydrogen) atoms. The van der Waals surface area contributed by atoms with Crippen LogP contribution in [0.2, 0.25) is 0 Å². The summed E-state index contributed by atoms with van der Waals surface area (Å²) in [5.41, 5.74) is 3.35. The van der Waals surface area contributed by atoms with Gasteiger partial charge in [0.1, 0.15) is 5.82 Å². The SMILES string of the molecule is CC.Cc1nc(-c2ccccc2)c(C)[nH]1. The molecule has 0 unspecified atom stereocenters. The summed E-state index contributed by atoms with van der Waals surface area (Å²) in [4.78, 5) is 7.62. The maximum absolute atomic E-state index is 4.42. The molecule has 80 valence electrons. The second-order valence-electron chi connectivity index (χ2n) is 3.16. The van der Waals surface area contributed by atoms with E-state index in [1.165, 1.54) is 5.56 Å². The number of H-pyrrole nitrogens is 1. The van der Waals surface area contributed by atoms with E-state index in [0.29, 0.717) is 0 Å². The topological polar surface area (TPSA) is 28.7 Å². The third-order valence-corrected chi connectivity index (χ3v) is 2.05. The first-order valence-electron chi connectivity index (χ1n) is 5.36. The molecule has 0 atom stereocenters. The molecule has 2 heteroatoms. The Bertz CT molecular complexity index is 402. The van der Waals surface area contributed by atoms with Crippen LogP contribution in [0, 0.1) is 13.8 Å². The Morgan fingerprint density at radius 1 is 1.00 bits per heavy atom. The lowest BCUT2D eigenvalue weighted by atomic mass is 10.1. The quantitative estimate of drug-likeness (QED) is 0.750. The lowest BCUT2D eigenvalue weighted by molar-refractivity contribution is 1.13. The van der Waals surface area contributed by atoms with Crippen molar-refractivity contribution < 1.29 is 0 Å². The average Bonchev–Trinajstić information content (AvgIpc) is 2.62. The fraction of sp³-hybridized carbons (Fsp3) is 0.308. The molecule has 0 spiro atoms. The van der Waals surface area contributed by atoms with Crippen LogP contribution in [0.15, 0.2) is 30.3 Å². The lowest BCUT2D eigenvalue weighted by Gasteiger charge is -1.96. The molecular weight excluding hydrogens is 184 g/mol. The number of rotatable bonds is 1. The first kappa shape index (κ1) is 11.5. The Labute approximate surface area is 91.4 Å². The summed E-state index contributed by atoms with van der Waals surface area (Å²) >= 11 is 0. The van der Waals surface area contributed by atoms with Crippen LogP contribution < -0.4 is 0 Å². The van der Waals surface area contributed by atoms with Crippen LogP contribution in [0.3, 0.4) is 0 Å². The Hall–Kier alpha value is -1.57. The van der Waals surface area contributed by atoms with Gasteiger partial charge in [-0.25, -0.2) is 4.98 Å². The summed E-state index contributed by atoms with van der Waals surface area (Å²) in [6.45, 7) is 8.02. The zero-order valence-electron chi connectivity index (χ0n) is 9.83. The van der Waals surface area contributed by atoms with Crippen molar-refractivity contribution in [1.29, 1.82) is 0 Å². The van der Waals surface area contributed by atoms with E-state index < -0.39 is 0 Å². The second-order valence-corrected chi connectivity index (χ2v) is 3.16. The maximum Gasteiger partial charge on any atom is 0.103 e. The fourth-order valence-corrected chi connectivity index (χ4v) is 1.49. The van der Waals surface area contributed by atoms with E-state index in [1.807, 2.05) is 45.9 Å². The maximum atomic E-state index is 4.42. The molecule has 0 fully saturated rings. The molecule has 0 radical (unpaired) electrons. The van der Waals surface area contributed by atoms with E-state index in [-0.39, 0.29) is 0 Å². The van der Waals surface area contributed by atoms with Crippen LogP contribution >= 0.6 is 0 Å². The van der Waals surface area contributed by atoms with Crippen molar-refractivity contribution in [2.45, 2.75) is 27.7 Å². The van der Waals surface area contributed by atoms with Gasteiger partial charge in [-0.3, -0.25) is 0 Å². The summed E-state index contributed by atoms with van der Waals surface area (Å²) in [7, 11) is 0. The van der Waals surface area contributed by atoms with E-state index in [9.17, 15) is 0 Å². The molecule has 1 heterocycles. The highest BCUT2D eigenvalue weighted by Gasteiger charge is 2.04. The van der Waals surface area contributed by atoms with Gasteiger partial charge in [-0.1, -0.05) is 44.2 Å². The first-order valence-corrected chi connectivity index (χ1v) is 5.36. The number of hydrogen-bond donors (Lipinski definition) is 1. The van der Waals surface area contributed by atoms with Crippen LogP contribution in [-0.4, -0.2) is 9.97 Å². The highest BCUT2D eigenvalue weighted by molar-refractivity contribution is 5.61. The minimum absolute atomic E-state index is 0.969. The molecule has 0 saturated heterocycles. The molecule has 1 aromatic carbocycles.